The SMILES string of the molecule is Cl.O=S(=O)(NCCC1CCNC1)c1ccc(Br)c(Cl)c1. The second-order valence-corrected chi connectivity index (χ2v) is 7.65. The van der Waals surface area contributed by atoms with Crippen molar-refractivity contribution in [1.82, 2.24) is 10.0 Å². The van der Waals surface area contributed by atoms with Crippen molar-refractivity contribution in [2.45, 2.75) is 17.7 Å². The summed E-state index contributed by atoms with van der Waals surface area (Å²) in [4.78, 5) is 0.199. The average Bonchev–Trinajstić information content (AvgIpc) is 2.85. The van der Waals surface area contributed by atoms with Crippen LogP contribution in [0.2, 0.25) is 5.02 Å². The molecule has 0 spiro atoms. The molecule has 4 nitrogen and oxygen atoms in total. The van der Waals surface area contributed by atoms with E-state index >= 15 is 0 Å². The first-order valence-corrected chi connectivity index (χ1v) is 8.80. The Hall–Kier alpha value is 0.150. The number of halogens is 3. The maximum atomic E-state index is 12.1. The smallest absolute Gasteiger partial charge is 0.240 e. The van der Waals surface area contributed by atoms with E-state index < -0.39 is 10.0 Å². The standard InChI is InChI=1S/C12H16BrClN2O2S.ClH/c13-11-2-1-10(7-12(11)14)19(17,18)16-6-4-9-3-5-15-8-9;/h1-2,7,9,15-16H,3-6,8H2;1H. The van der Waals surface area contributed by atoms with Gasteiger partial charge in [-0.25, -0.2) is 13.1 Å². The van der Waals surface area contributed by atoms with Crippen LogP contribution < -0.4 is 10.0 Å². The number of sulfonamides is 1. The zero-order chi connectivity index (χ0) is 13.9. The molecule has 1 heterocycles. The van der Waals surface area contributed by atoms with Crippen molar-refractivity contribution in [2.24, 2.45) is 5.92 Å². The van der Waals surface area contributed by atoms with Gasteiger partial charge in [0.2, 0.25) is 10.0 Å². The molecule has 1 aliphatic rings. The van der Waals surface area contributed by atoms with Crippen molar-refractivity contribution in [3.8, 4) is 0 Å². The zero-order valence-electron chi connectivity index (χ0n) is 10.7. The monoisotopic (exact) mass is 402 g/mol. The van der Waals surface area contributed by atoms with E-state index in [1.165, 1.54) is 12.1 Å². The lowest BCUT2D eigenvalue weighted by Gasteiger charge is -2.10. The van der Waals surface area contributed by atoms with Gasteiger partial charge in [-0.05, 0) is 66.0 Å². The highest BCUT2D eigenvalue weighted by molar-refractivity contribution is 9.10. The van der Waals surface area contributed by atoms with Crippen molar-refractivity contribution < 1.29 is 8.42 Å². The van der Waals surface area contributed by atoms with E-state index in [0.29, 0.717) is 22.0 Å². The maximum absolute atomic E-state index is 12.1. The minimum absolute atomic E-state index is 0. The lowest BCUT2D eigenvalue weighted by atomic mass is 10.1. The molecule has 1 unspecified atom stereocenters. The van der Waals surface area contributed by atoms with E-state index in [1.54, 1.807) is 6.07 Å². The molecule has 0 amide bonds. The summed E-state index contributed by atoms with van der Waals surface area (Å²) in [6, 6.07) is 4.62. The van der Waals surface area contributed by atoms with Crippen molar-refractivity contribution in [1.29, 1.82) is 0 Å². The van der Waals surface area contributed by atoms with Gasteiger partial charge in [0.15, 0.2) is 0 Å². The Balaban J connectivity index is 0.00000200. The molecule has 0 radical (unpaired) electrons. The minimum atomic E-state index is -3.47. The predicted molar refractivity (Wildman–Crippen MR) is 87.2 cm³/mol. The van der Waals surface area contributed by atoms with E-state index in [2.05, 4.69) is 26.0 Å². The summed E-state index contributed by atoms with van der Waals surface area (Å²) in [7, 11) is -3.47. The second-order valence-electron chi connectivity index (χ2n) is 4.62. The predicted octanol–water partition coefficient (Wildman–Crippen LogP) is 2.80. The fourth-order valence-corrected chi connectivity index (χ4v) is 3.65. The molecule has 0 saturated carbocycles. The van der Waals surface area contributed by atoms with E-state index in [1.807, 2.05) is 0 Å². The van der Waals surface area contributed by atoms with Gasteiger partial charge in [0, 0.05) is 11.0 Å². The molecule has 1 fully saturated rings. The Kier molecular flexibility index (Phi) is 7.24. The van der Waals surface area contributed by atoms with Crippen LogP contribution in [-0.2, 0) is 10.0 Å². The molecule has 1 aliphatic heterocycles. The summed E-state index contributed by atoms with van der Waals surface area (Å²) >= 11 is 9.15. The highest BCUT2D eigenvalue weighted by Gasteiger charge is 2.18. The quantitative estimate of drug-likeness (QED) is 0.794. The van der Waals surface area contributed by atoms with Crippen LogP contribution in [0, 0.1) is 5.92 Å². The van der Waals surface area contributed by atoms with Crippen LogP contribution in [-0.4, -0.2) is 28.1 Å². The normalized spacial score (nSPS) is 18.8. The molecule has 0 aliphatic carbocycles. The summed E-state index contributed by atoms with van der Waals surface area (Å²) < 4.78 is 27.4. The summed E-state index contributed by atoms with van der Waals surface area (Å²) in [5, 5.41) is 3.66. The van der Waals surface area contributed by atoms with E-state index in [0.717, 1.165) is 25.9 Å². The molecular formula is C12H17BrCl2N2O2S. The first-order chi connectivity index (χ1) is 8.99. The van der Waals surface area contributed by atoms with E-state index in [-0.39, 0.29) is 17.3 Å². The Labute approximate surface area is 139 Å². The average molecular weight is 404 g/mol. The van der Waals surface area contributed by atoms with Crippen molar-refractivity contribution >= 4 is 50.0 Å². The highest BCUT2D eigenvalue weighted by Crippen LogP contribution is 2.25. The van der Waals surface area contributed by atoms with Gasteiger partial charge in [-0.3, -0.25) is 0 Å². The number of hydrogen-bond donors (Lipinski definition) is 2. The van der Waals surface area contributed by atoms with Gasteiger partial charge < -0.3 is 5.32 Å². The summed E-state index contributed by atoms with van der Waals surface area (Å²) in [5.41, 5.74) is 0. The first-order valence-electron chi connectivity index (χ1n) is 6.14. The van der Waals surface area contributed by atoms with E-state index in [9.17, 15) is 8.42 Å². The van der Waals surface area contributed by atoms with Crippen LogP contribution in [0.4, 0.5) is 0 Å². The number of benzene rings is 1. The van der Waals surface area contributed by atoms with Gasteiger partial charge >= 0.3 is 0 Å². The lowest BCUT2D eigenvalue weighted by Crippen LogP contribution is -2.26. The van der Waals surface area contributed by atoms with Crippen LogP contribution >= 0.6 is 39.9 Å². The summed E-state index contributed by atoms with van der Waals surface area (Å²) in [6.45, 7) is 2.47. The summed E-state index contributed by atoms with van der Waals surface area (Å²) in [5.74, 6) is 0.566. The van der Waals surface area contributed by atoms with Gasteiger partial charge in [-0.15, -0.1) is 12.4 Å². The summed E-state index contributed by atoms with van der Waals surface area (Å²) in [6.07, 6.45) is 1.97. The van der Waals surface area contributed by atoms with Crippen LogP contribution in [0.15, 0.2) is 27.6 Å². The molecule has 20 heavy (non-hydrogen) atoms. The molecule has 2 N–H and O–H groups in total. The Morgan fingerprint density at radius 1 is 1.45 bits per heavy atom. The first kappa shape index (κ1) is 18.2. The molecule has 1 aromatic carbocycles. The Morgan fingerprint density at radius 3 is 2.80 bits per heavy atom. The number of hydrogen-bond acceptors (Lipinski definition) is 3. The third-order valence-corrected chi connectivity index (χ3v) is 5.90. The minimum Gasteiger partial charge on any atom is -0.316 e. The second kappa shape index (κ2) is 7.96. The van der Waals surface area contributed by atoms with Crippen LogP contribution in [0.3, 0.4) is 0 Å². The van der Waals surface area contributed by atoms with Crippen molar-refractivity contribution in [3.05, 3.63) is 27.7 Å². The van der Waals surface area contributed by atoms with Crippen LogP contribution in [0.25, 0.3) is 0 Å². The third-order valence-electron chi connectivity index (χ3n) is 3.21. The molecule has 1 saturated heterocycles. The molecule has 8 heteroatoms. The lowest BCUT2D eigenvalue weighted by molar-refractivity contribution is 0.519. The molecule has 0 bridgehead atoms. The number of nitrogens with one attached hydrogen (secondary N) is 2. The highest BCUT2D eigenvalue weighted by atomic mass is 79.9. The van der Waals surface area contributed by atoms with Crippen molar-refractivity contribution in [3.63, 3.8) is 0 Å². The fraction of sp³-hybridized carbons (Fsp3) is 0.500. The largest absolute Gasteiger partial charge is 0.316 e. The topological polar surface area (TPSA) is 58.2 Å². The third kappa shape index (κ3) is 4.86. The Morgan fingerprint density at radius 2 is 2.20 bits per heavy atom. The van der Waals surface area contributed by atoms with Gasteiger partial charge in [-0.1, -0.05) is 11.6 Å². The van der Waals surface area contributed by atoms with Crippen molar-refractivity contribution in [2.75, 3.05) is 19.6 Å². The van der Waals surface area contributed by atoms with Gasteiger partial charge in [0.05, 0.1) is 9.92 Å². The molecule has 0 aromatic heterocycles. The molecule has 2 rings (SSSR count). The van der Waals surface area contributed by atoms with E-state index in [4.69, 9.17) is 11.6 Å². The molecule has 114 valence electrons. The molecule has 1 aromatic rings. The van der Waals surface area contributed by atoms with Gasteiger partial charge in [0.1, 0.15) is 0 Å². The molecule has 1 atom stereocenters. The maximum Gasteiger partial charge on any atom is 0.240 e. The number of rotatable bonds is 5. The fourth-order valence-electron chi connectivity index (χ4n) is 2.09. The molecular weight excluding hydrogens is 387 g/mol. The zero-order valence-corrected chi connectivity index (χ0v) is 14.7. The Bertz CT molecular complexity index is 548. The van der Waals surface area contributed by atoms with Gasteiger partial charge in [-0.2, -0.15) is 0 Å². The van der Waals surface area contributed by atoms with Gasteiger partial charge in [0.25, 0.3) is 0 Å². The van der Waals surface area contributed by atoms with Crippen LogP contribution in [0.5, 0.6) is 0 Å². The van der Waals surface area contributed by atoms with Crippen LogP contribution in [0.1, 0.15) is 12.8 Å².